The molecule has 1 spiro atoms. The fraction of sp³-hybridized carbons (Fsp3) is 0.524. The van der Waals surface area contributed by atoms with Gasteiger partial charge in [-0.3, -0.25) is 19.3 Å². The summed E-state index contributed by atoms with van der Waals surface area (Å²) in [6.45, 7) is -0.356. The second kappa shape index (κ2) is 7.91. The molecule has 0 aromatic heterocycles. The number of nitrogens with zero attached hydrogens (tertiary/aromatic N) is 2. The molecule has 9 heteroatoms. The van der Waals surface area contributed by atoms with Crippen LogP contribution in [0.4, 0.5) is 10.5 Å². The Kier molecular flexibility index (Phi) is 5.44. The predicted octanol–water partition coefficient (Wildman–Crippen LogP) is 2.77. The van der Waals surface area contributed by atoms with E-state index in [2.05, 4.69) is 10.6 Å². The van der Waals surface area contributed by atoms with Crippen LogP contribution in [0.15, 0.2) is 18.2 Å². The van der Waals surface area contributed by atoms with Gasteiger partial charge in [-0.05, 0) is 43.9 Å². The number of likely N-dealkylation sites (N-methyl/N-ethyl adjacent to an activating group) is 1. The van der Waals surface area contributed by atoms with Crippen LogP contribution >= 0.6 is 11.6 Å². The lowest BCUT2D eigenvalue weighted by Crippen LogP contribution is -2.49. The van der Waals surface area contributed by atoms with E-state index in [1.54, 1.807) is 19.2 Å². The molecule has 2 saturated carbocycles. The minimum absolute atomic E-state index is 0.217. The number of carbonyl (C=O) groups excluding carboxylic acids is 4. The number of carbonyl (C=O) groups is 4. The Labute approximate surface area is 179 Å². The first-order chi connectivity index (χ1) is 14.3. The van der Waals surface area contributed by atoms with Crippen LogP contribution in [-0.4, -0.2) is 58.7 Å². The van der Waals surface area contributed by atoms with Crippen LogP contribution in [0.1, 0.15) is 55.3 Å². The summed E-state index contributed by atoms with van der Waals surface area (Å²) >= 11 is 6.21. The smallest absolute Gasteiger partial charge is 0.327 e. The molecule has 2 aliphatic carbocycles. The Morgan fingerprint density at radius 2 is 1.87 bits per heavy atom. The van der Waals surface area contributed by atoms with Crippen molar-refractivity contribution in [2.45, 2.75) is 56.5 Å². The van der Waals surface area contributed by atoms with Crippen molar-refractivity contribution < 1.29 is 19.2 Å². The quantitative estimate of drug-likeness (QED) is 0.699. The van der Waals surface area contributed by atoms with E-state index < -0.39 is 17.5 Å². The molecule has 0 unspecified atom stereocenters. The van der Waals surface area contributed by atoms with Gasteiger partial charge in [-0.15, -0.1) is 0 Å². The lowest BCUT2D eigenvalue weighted by molar-refractivity contribution is -0.136. The van der Waals surface area contributed by atoms with Gasteiger partial charge >= 0.3 is 6.03 Å². The Bertz CT molecular complexity index is 908. The van der Waals surface area contributed by atoms with Gasteiger partial charge in [-0.25, -0.2) is 4.79 Å². The Hall–Kier alpha value is -2.61. The maximum atomic E-state index is 13.0. The summed E-state index contributed by atoms with van der Waals surface area (Å²) < 4.78 is 0. The van der Waals surface area contributed by atoms with Gasteiger partial charge in [-0.2, -0.15) is 0 Å². The van der Waals surface area contributed by atoms with E-state index in [0.717, 1.165) is 37.0 Å². The molecule has 1 saturated heterocycles. The molecule has 2 N–H and O–H groups in total. The van der Waals surface area contributed by atoms with E-state index in [9.17, 15) is 19.2 Å². The number of imide groups is 1. The zero-order chi connectivity index (χ0) is 21.5. The van der Waals surface area contributed by atoms with Crippen LogP contribution in [0.3, 0.4) is 0 Å². The second-order valence-electron chi connectivity index (χ2n) is 8.32. The largest absolute Gasteiger partial charge is 0.349 e. The Morgan fingerprint density at radius 3 is 2.50 bits per heavy atom. The number of rotatable bonds is 5. The van der Waals surface area contributed by atoms with Gasteiger partial charge in [0.15, 0.2) is 0 Å². The molecule has 4 rings (SSSR count). The van der Waals surface area contributed by atoms with E-state index in [1.807, 2.05) is 0 Å². The van der Waals surface area contributed by atoms with E-state index in [-0.39, 0.29) is 29.4 Å². The molecule has 5 amide bonds. The van der Waals surface area contributed by atoms with E-state index in [4.69, 9.17) is 11.6 Å². The number of hydrogen-bond acceptors (Lipinski definition) is 4. The molecule has 1 heterocycles. The lowest BCUT2D eigenvalue weighted by atomic mass is 9.81. The SMILES string of the molecule is CN1C(=O)N(CC(=O)Nc2ccc(C(=O)NC3CC3)c(Cl)c2)C(=O)C12CCCCC2. The number of urea groups is 1. The van der Waals surface area contributed by atoms with Gasteiger partial charge in [0, 0.05) is 18.8 Å². The number of hydrogen-bond donors (Lipinski definition) is 2. The van der Waals surface area contributed by atoms with Crippen LogP contribution < -0.4 is 10.6 Å². The predicted molar refractivity (Wildman–Crippen MR) is 111 cm³/mol. The molecule has 8 nitrogen and oxygen atoms in total. The topological polar surface area (TPSA) is 98.8 Å². The number of halogens is 1. The minimum atomic E-state index is -0.810. The third kappa shape index (κ3) is 3.76. The van der Waals surface area contributed by atoms with Crippen molar-refractivity contribution in [1.29, 1.82) is 0 Å². The normalized spacial score (nSPS) is 20.6. The molecule has 1 aliphatic heterocycles. The van der Waals surface area contributed by atoms with Crippen molar-refractivity contribution in [1.82, 2.24) is 15.1 Å². The first-order valence-electron chi connectivity index (χ1n) is 10.3. The van der Waals surface area contributed by atoms with Gasteiger partial charge in [-0.1, -0.05) is 30.9 Å². The summed E-state index contributed by atoms with van der Waals surface area (Å²) in [4.78, 5) is 52.8. The van der Waals surface area contributed by atoms with Crippen LogP contribution in [0, 0.1) is 0 Å². The van der Waals surface area contributed by atoms with Crippen LogP contribution in [-0.2, 0) is 9.59 Å². The summed E-state index contributed by atoms with van der Waals surface area (Å²) in [6, 6.07) is 4.39. The van der Waals surface area contributed by atoms with Crippen molar-refractivity contribution in [2.75, 3.05) is 18.9 Å². The highest BCUT2D eigenvalue weighted by molar-refractivity contribution is 6.34. The third-order valence-corrected chi connectivity index (χ3v) is 6.51. The summed E-state index contributed by atoms with van der Waals surface area (Å²) in [6.07, 6.45) is 6.04. The fourth-order valence-corrected chi connectivity index (χ4v) is 4.55. The summed E-state index contributed by atoms with van der Waals surface area (Å²) in [7, 11) is 1.63. The summed E-state index contributed by atoms with van der Waals surface area (Å²) in [5.41, 5.74) is -0.0738. The van der Waals surface area contributed by atoms with Crippen molar-refractivity contribution >= 4 is 41.0 Å². The van der Waals surface area contributed by atoms with E-state index >= 15 is 0 Å². The Morgan fingerprint density at radius 1 is 1.17 bits per heavy atom. The Balaban J connectivity index is 1.40. The van der Waals surface area contributed by atoms with E-state index in [0.29, 0.717) is 24.1 Å². The third-order valence-electron chi connectivity index (χ3n) is 6.20. The van der Waals surface area contributed by atoms with Crippen LogP contribution in [0.2, 0.25) is 5.02 Å². The summed E-state index contributed by atoms with van der Waals surface area (Å²) in [5, 5.41) is 5.74. The molecular weight excluding hydrogens is 408 g/mol. The molecule has 0 bridgehead atoms. The molecular formula is C21H25ClN4O4. The average molecular weight is 433 g/mol. The highest BCUT2D eigenvalue weighted by Crippen LogP contribution is 2.39. The van der Waals surface area contributed by atoms with Crippen molar-refractivity contribution in [3.05, 3.63) is 28.8 Å². The van der Waals surface area contributed by atoms with Crippen molar-refractivity contribution in [3.63, 3.8) is 0 Å². The number of benzene rings is 1. The standard InChI is InChI=1S/C21H25ClN4O4/c1-25-20(30)26(19(29)21(25)9-3-2-4-10-21)12-17(27)23-14-7-8-15(16(22)11-14)18(28)24-13-5-6-13/h7-8,11,13H,2-6,9-10,12H2,1H3,(H,23,27)(H,24,28). The number of amides is 5. The van der Waals surface area contributed by atoms with Gasteiger partial charge in [0.25, 0.3) is 11.8 Å². The van der Waals surface area contributed by atoms with Crippen LogP contribution in [0.5, 0.6) is 0 Å². The maximum Gasteiger partial charge on any atom is 0.327 e. The highest BCUT2D eigenvalue weighted by Gasteiger charge is 2.55. The van der Waals surface area contributed by atoms with Gasteiger partial charge < -0.3 is 15.5 Å². The van der Waals surface area contributed by atoms with Crippen molar-refractivity contribution in [2.24, 2.45) is 0 Å². The summed E-state index contributed by atoms with van der Waals surface area (Å²) in [5.74, 6) is -1.03. The van der Waals surface area contributed by atoms with Gasteiger partial charge in [0.2, 0.25) is 5.91 Å². The molecule has 160 valence electrons. The van der Waals surface area contributed by atoms with Crippen LogP contribution in [0.25, 0.3) is 0 Å². The first-order valence-corrected chi connectivity index (χ1v) is 10.7. The molecule has 0 radical (unpaired) electrons. The number of nitrogens with one attached hydrogen (secondary N) is 2. The second-order valence-corrected chi connectivity index (χ2v) is 8.72. The van der Waals surface area contributed by atoms with Gasteiger partial charge in [0.05, 0.1) is 10.6 Å². The molecule has 1 aromatic rings. The zero-order valence-electron chi connectivity index (χ0n) is 16.9. The number of anilines is 1. The van der Waals surface area contributed by atoms with E-state index in [1.165, 1.54) is 11.0 Å². The molecule has 1 aromatic carbocycles. The fourth-order valence-electron chi connectivity index (χ4n) is 4.28. The van der Waals surface area contributed by atoms with Gasteiger partial charge in [0.1, 0.15) is 12.1 Å². The van der Waals surface area contributed by atoms with Crippen molar-refractivity contribution in [3.8, 4) is 0 Å². The molecule has 3 aliphatic rings. The first kappa shape index (κ1) is 20.7. The maximum absolute atomic E-state index is 13.0. The molecule has 0 atom stereocenters. The zero-order valence-corrected chi connectivity index (χ0v) is 17.6. The molecule has 30 heavy (non-hydrogen) atoms. The average Bonchev–Trinajstić information content (AvgIpc) is 3.52. The minimum Gasteiger partial charge on any atom is -0.349 e. The highest BCUT2D eigenvalue weighted by atomic mass is 35.5. The monoisotopic (exact) mass is 432 g/mol. The lowest BCUT2D eigenvalue weighted by Gasteiger charge is -2.35. The molecule has 3 fully saturated rings.